The Morgan fingerprint density at radius 1 is 0.551 bits per heavy atom. The van der Waals surface area contributed by atoms with Crippen molar-refractivity contribution in [3.63, 3.8) is 0 Å². The van der Waals surface area contributed by atoms with E-state index in [1.165, 1.54) is 50.1 Å². The van der Waals surface area contributed by atoms with Gasteiger partial charge in [-0.05, 0) is 147 Å². The van der Waals surface area contributed by atoms with Crippen LogP contribution in [-0.4, -0.2) is 124 Å². The van der Waals surface area contributed by atoms with Crippen molar-refractivity contribution in [2.75, 3.05) is 45.0 Å². The third-order valence-corrected chi connectivity index (χ3v) is 28.9. The molecule has 3 heterocycles. The number of aromatic hydroxyl groups is 2. The number of ketones is 2. The molecule has 3 aromatic heterocycles. The van der Waals surface area contributed by atoms with E-state index in [4.69, 9.17) is 9.29 Å². The number of pyridine rings is 1. The Labute approximate surface area is 637 Å². The number of phenols is 2. The number of carbonyl (C=O) groups is 4. The Morgan fingerprint density at radius 2 is 0.879 bits per heavy atom. The summed E-state index contributed by atoms with van der Waals surface area (Å²) >= 11 is -0.860. The molecule has 4 unspecified atom stereocenters. The molecule has 0 aliphatic heterocycles. The molecule has 4 bridgehead atoms. The number of hydrogen-bond donors (Lipinski definition) is 3. The van der Waals surface area contributed by atoms with Crippen LogP contribution in [0, 0.1) is 61.2 Å². The van der Waals surface area contributed by atoms with Crippen molar-refractivity contribution in [3.05, 3.63) is 174 Å². The molecule has 33 heteroatoms. The molecule has 4 fully saturated rings. The van der Waals surface area contributed by atoms with Crippen LogP contribution < -0.4 is 27.2 Å². The van der Waals surface area contributed by atoms with Crippen molar-refractivity contribution in [1.82, 2.24) is 0 Å². The molecule has 4 N–H and O–H groups in total. The zero-order valence-electron chi connectivity index (χ0n) is 59.6. The number of fused-ring (bicyclic) bond motifs is 10. The smallest absolute Gasteiger partial charge is 0.428 e. The van der Waals surface area contributed by atoms with Gasteiger partial charge in [-0.15, -0.1) is 0 Å². The number of aromatic amines is 1. The average Bonchev–Trinajstić information content (AvgIpc) is 1.56. The van der Waals surface area contributed by atoms with E-state index >= 15 is 0 Å². The maximum absolute atomic E-state index is 13.1. The zero-order chi connectivity index (χ0) is 78.2. The van der Waals surface area contributed by atoms with Gasteiger partial charge < -0.3 is 51.6 Å². The summed E-state index contributed by atoms with van der Waals surface area (Å²) in [5.74, 6) is -5.02. The molecule has 4 saturated carbocycles. The van der Waals surface area contributed by atoms with Crippen molar-refractivity contribution in [2.45, 2.75) is 104 Å². The van der Waals surface area contributed by atoms with Crippen LogP contribution >= 0.6 is 33.0 Å². The zero-order valence-corrected chi connectivity index (χ0v) is 66.1. The van der Waals surface area contributed by atoms with Crippen molar-refractivity contribution < 1.29 is 136 Å². The Kier molecular flexibility index (Phi) is 28.7. The maximum Gasteiger partial charge on any atom is 0.428 e. The van der Waals surface area contributed by atoms with Gasteiger partial charge in [0, 0.05) is 98.8 Å². The number of phenolic OH excluding ortho intramolecular Hbond substituents is 2. The number of rotatable bonds is 20. The third-order valence-electron chi connectivity index (χ3n) is 20.3. The number of thiophene rings is 2. The van der Waals surface area contributed by atoms with Gasteiger partial charge in [-0.1, -0.05) is 82.3 Å². The summed E-state index contributed by atoms with van der Waals surface area (Å²) in [6, 6.07) is 49.0. The lowest BCUT2D eigenvalue weighted by atomic mass is 9.70. The third kappa shape index (κ3) is 18.7. The fourth-order valence-electron chi connectivity index (χ4n) is 14.5. The van der Waals surface area contributed by atoms with E-state index < -0.39 is 124 Å². The molecular weight excluding hydrogens is 1590 g/mol. The summed E-state index contributed by atoms with van der Waals surface area (Å²) in [5.41, 5.74) is 0.680. The summed E-state index contributed by atoms with van der Waals surface area (Å²) in [6.07, 6.45) is 6.69. The van der Waals surface area contributed by atoms with E-state index in [1.807, 2.05) is 86.0 Å². The SMILES string of the molecule is CC1(C)C2CCC1(CS(=O)(=O)OCCOC(=O)C(F)(F)S(=O)(=O)[O-])C(=O)C2.CC1(C)C2CCC1(CS(=O)(=O)OCCOC(=O)C(F)(F)SOO[O-])C(=O)C2.CO.Cc1cc(-[s+]2c3ccccc3c3ccccc32)cc(C)c1O.Cc1cc(-[s+]2c3ccccc3c3ccccc32)cc(C)c1O.[Br-].c1cc[nH+]cc1. The predicted octanol–water partition coefficient (Wildman–Crippen LogP) is 10.4. The summed E-state index contributed by atoms with van der Waals surface area (Å²) in [7, 11) is -13.8. The first-order valence-corrected chi connectivity index (χ1v) is 40.9. The molecular formula is C74H82BrF4NO21S6. The van der Waals surface area contributed by atoms with Gasteiger partial charge in [0.05, 0.1) is 22.3 Å². The lowest BCUT2D eigenvalue weighted by Gasteiger charge is -2.35. The molecule has 0 radical (unpaired) electrons. The predicted molar refractivity (Wildman–Crippen MR) is 392 cm³/mol. The number of aliphatic hydroxyl groups is 1. The van der Waals surface area contributed by atoms with Gasteiger partial charge >= 0.3 is 22.4 Å². The molecule has 4 aliphatic rings. The number of aromatic nitrogens is 1. The van der Waals surface area contributed by atoms with Gasteiger partial charge in [-0.3, -0.25) is 23.0 Å². The Morgan fingerprint density at radius 3 is 1.15 bits per heavy atom. The number of benzene rings is 6. The second kappa shape index (κ2) is 35.3. The summed E-state index contributed by atoms with van der Waals surface area (Å²) in [5, 5.41) is 35.2. The van der Waals surface area contributed by atoms with Crippen LogP contribution in [0.5, 0.6) is 11.5 Å². The number of Topliss-reactive ketones (excluding diaryl/α,β-unsaturated/α-hetero) is 2. The number of carbonyl (C=O) groups excluding carboxylic acids is 4. The Bertz CT molecular complexity index is 4710. The van der Waals surface area contributed by atoms with E-state index in [0.717, 1.165) is 35.8 Å². The number of aliphatic hydroxyl groups excluding tert-OH is 1. The number of esters is 2. The van der Waals surface area contributed by atoms with Gasteiger partial charge in [-0.25, -0.2) is 23.0 Å². The van der Waals surface area contributed by atoms with E-state index in [9.17, 15) is 82.0 Å². The molecule has 13 rings (SSSR count). The molecule has 107 heavy (non-hydrogen) atoms. The highest BCUT2D eigenvalue weighted by molar-refractivity contribution is 7.96. The summed E-state index contributed by atoms with van der Waals surface area (Å²) in [6.45, 7) is 11.9. The quantitative estimate of drug-likeness (QED) is 0.00734. The standard InChI is InChI=1S/2C20H16OS.2C14H20F2O9S2.C5H5N.CH4O.BrH/c2*1-13-11-15(12-14(2)20(13)21)22-18-9-5-3-7-16(18)17-8-4-6-10-19(17)22;1-12(2)9-3-4-13(12,10(17)7-9)8-26(19,20)25-6-5-24-11(18)14(15,16)27(21,22)23;1-12(2)9-3-4-13(12,10(17)7-9)8-27(20,21)23-6-5-22-11(18)14(15,16)26-25-24-19;1-2-4-6-5-3-1;1-2;/h2*3-12H,1-2H3;9H,3-8H2,1-2H3,(H,21,22,23);9,19H,3-8H2,1-2H3;1-5H;2H,1H3;1H. The molecule has 4 aliphatic carbocycles. The minimum Gasteiger partial charge on any atom is -1.00 e. The fraction of sp³-hybridized carbons (Fsp3) is 0.392. The summed E-state index contributed by atoms with van der Waals surface area (Å²) in [4.78, 5) is 52.2. The van der Waals surface area contributed by atoms with Crippen LogP contribution in [0.1, 0.15) is 88.5 Å². The number of ether oxygens (including phenoxy) is 2. The number of nitrogens with one attached hydrogen (secondary N) is 1. The lowest BCUT2D eigenvalue weighted by Crippen LogP contribution is -3.00. The second-order valence-corrected chi connectivity index (χ2v) is 36.3. The molecule has 580 valence electrons. The van der Waals surface area contributed by atoms with Crippen molar-refractivity contribution in [3.8, 4) is 21.3 Å². The van der Waals surface area contributed by atoms with E-state index in [1.54, 1.807) is 0 Å². The minimum atomic E-state index is -6.26. The van der Waals surface area contributed by atoms with Gasteiger partial charge in [0.25, 0.3) is 20.2 Å². The van der Waals surface area contributed by atoms with Gasteiger partial charge in [0.2, 0.25) is 0 Å². The topological polar surface area (TPSA) is 347 Å². The lowest BCUT2D eigenvalue weighted by molar-refractivity contribution is -0.777. The van der Waals surface area contributed by atoms with Crippen molar-refractivity contribution >= 4 is 127 Å². The van der Waals surface area contributed by atoms with Gasteiger partial charge in [0.15, 0.2) is 51.1 Å². The van der Waals surface area contributed by atoms with Gasteiger partial charge in [-0.2, -0.15) is 38.7 Å². The maximum atomic E-state index is 13.1. The molecule has 6 aromatic carbocycles. The molecule has 0 saturated heterocycles. The fourth-order valence-corrected chi connectivity index (χ4v) is 23.5. The molecule has 0 spiro atoms. The highest BCUT2D eigenvalue weighted by Gasteiger charge is 2.67. The molecule has 4 atom stereocenters. The first-order chi connectivity index (χ1) is 49.8. The van der Waals surface area contributed by atoms with Crippen LogP contribution in [0.4, 0.5) is 17.6 Å². The number of alkyl halides is 4. The number of hydrogen-bond acceptors (Lipinski definition) is 22. The normalized spacial score (nSPS) is 19.0. The Balaban J connectivity index is 0.000000192. The molecule has 9 aromatic rings. The average molecular weight is 1670 g/mol. The van der Waals surface area contributed by atoms with E-state index in [-0.39, 0.29) is 61.3 Å². The number of aryl methyl sites for hydroxylation is 4. The number of halogens is 5. The monoisotopic (exact) mass is 1670 g/mol. The van der Waals surface area contributed by atoms with Crippen LogP contribution in [0.2, 0.25) is 0 Å². The van der Waals surface area contributed by atoms with Crippen molar-refractivity contribution in [2.24, 2.45) is 33.5 Å². The first kappa shape index (κ1) is 87.1. The molecule has 22 nitrogen and oxygen atoms in total. The summed E-state index contributed by atoms with van der Waals surface area (Å²) < 4.78 is 158. The van der Waals surface area contributed by atoms with Crippen LogP contribution in [0.15, 0.2) is 152 Å². The first-order valence-electron chi connectivity index (χ1n) is 33.1. The van der Waals surface area contributed by atoms with Crippen molar-refractivity contribution in [1.29, 1.82) is 0 Å². The van der Waals surface area contributed by atoms with Crippen LogP contribution in [0.3, 0.4) is 0 Å². The van der Waals surface area contributed by atoms with E-state index in [2.05, 4.69) is 149 Å². The highest BCUT2D eigenvalue weighted by atomic mass is 79.9. The number of H-pyrrole nitrogens is 1. The van der Waals surface area contributed by atoms with Gasteiger partial charge in [0.1, 0.15) is 61.5 Å². The van der Waals surface area contributed by atoms with Crippen LogP contribution in [0.25, 0.3) is 50.1 Å². The molecule has 0 amide bonds. The van der Waals surface area contributed by atoms with Crippen LogP contribution in [-0.2, 0) is 76.7 Å². The minimum absolute atomic E-state index is 0. The highest BCUT2D eigenvalue weighted by Crippen LogP contribution is 2.66. The van der Waals surface area contributed by atoms with E-state index in [0.29, 0.717) is 43.6 Å². The largest absolute Gasteiger partial charge is 1.00 e. The Hall–Kier alpha value is -7.09. The second-order valence-electron chi connectivity index (χ2n) is 26.8.